The van der Waals surface area contributed by atoms with Gasteiger partial charge < -0.3 is 14.5 Å². The maximum absolute atomic E-state index is 12.8. The maximum atomic E-state index is 12.8. The highest BCUT2D eigenvalue weighted by atomic mass is 16.5. The highest BCUT2D eigenvalue weighted by Gasteiger charge is 2.24. The van der Waals surface area contributed by atoms with Gasteiger partial charge in [-0.1, -0.05) is 30.3 Å². The third-order valence-electron chi connectivity index (χ3n) is 5.63. The first-order valence-electron chi connectivity index (χ1n) is 9.92. The number of nitrogens with zero attached hydrogens (tertiary/aromatic N) is 3. The van der Waals surface area contributed by atoms with Crippen molar-refractivity contribution in [3.63, 3.8) is 0 Å². The van der Waals surface area contributed by atoms with Crippen molar-refractivity contribution < 1.29 is 9.53 Å². The fraction of sp³-hybridized carbons (Fsp3) is 0.435. The van der Waals surface area contributed by atoms with Gasteiger partial charge in [-0.25, -0.2) is 0 Å². The summed E-state index contributed by atoms with van der Waals surface area (Å²) in [6.45, 7) is 7.92. The van der Waals surface area contributed by atoms with Crippen LogP contribution in [-0.4, -0.2) is 62.6 Å². The fourth-order valence-corrected chi connectivity index (χ4v) is 3.74. The molecule has 5 nitrogen and oxygen atoms in total. The van der Waals surface area contributed by atoms with Crippen LogP contribution in [0.15, 0.2) is 48.5 Å². The number of ether oxygens (including phenoxy) is 1. The summed E-state index contributed by atoms with van der Waals surface area (Å²) < 4.78 is 5.47. The number of carbonyl (C=O) groups is 1. The number of likely N-dealkylation sites (N-methyl/N-ethyl adjacent to an activating group) is 1. The number of hydrogen-bond acceptors (Lipinski definition) is 4. The number of amides is 1. The average Bonchev–Trinajstić information content (AvgIpc) is 2.73. The summed E-state index contributed by atoms with van der Waals surface area (Å²) >= 11 is 0. The number of carbonyl (C=O) groups excluding carboxylic acids is 1. The first-order chi connectivity index (χ1) is 13.5. The molecule has 1 fully saturated rings. The number of para-hydroxylation sites is 1. The van der Waals surface area contributed by atoms with Crippen LogP contribution in [0.2, 0.25) is 0 Å². The lowest BCUT2D eigenvalue weighted by Gasteiger charge is -2.37. The van der Waals surface area contributed by atoms with Crippen LogP contribution in [0.1, 0.15) is 24.1 Å². The lowest BCUT2D eigenvalue weighted by atomic mass is 10.1. The van der Waals surface area contributed by atoms with E-state index in [1.807, 2.05) is 30.1 Å². The van der Waals surface area contributed by atoms with E-state index in [-0.39, 0.29) is 11.9 Å². The van der Waals surface area contributed by atoms with E-state index in [9.17, 15) is 4.79 Å². The second-order valence-electron chi connectivity index (χ2n) is 7.54. The minimum absolute atomic E-state index is 0.105. The van der Waals surface area contributed by atoms with Crippen LogP contribution in [-0.2, 0) is 4.79 Å². The van der Waals surface area contributed by atoms with E-state index in [4.69, 9.17) is 4.74 Å². The maximum Gasteiger partial charge on any atom is 0.236 e. The van der Waals surface area contributed by atoms with Crippen LogP contribution in [0.5, 0.6) is 5.75 Å². The number of benzene rings is 2. The number of hydrogen-bond donors (Lipinski definition) is 0. The van der Waals surface area contributed by atoms with E-state index in [0.29, 0.717) is 6.54 Å². The minimum Gasteiger partial charge on any atom is -0.496 e. The minimum atomic E-state index is 0.105. The summed E-state index contributed by atoms with van der Waals surface area (Å²) in [5.74, 6) is 1.05. The summed E-state index contributed by atoms with van der Waals surface area (Å²) in [5.41, 5.74) is 3.61. The van der Waals surface area contributed by atoms with Crippen molar-refractivity contribution in [3.05, 3.63) is 59.7 Å². The molecule has 2 aromatic rings. The van der Waals surface area contributed by atoms with Crippen molar-refractivity contribution >= 4 is 11.6 Å². The number of piperazine rings is 1. The molecule has 1 atom stereocenters. The lowest BCUT2D eigenvalue weighted by molar-refractivity contribution is -0.132. The van der Waals surface area contributed by atoms with Gasteiger partial charge in [0.25, 0.3) is 0 Å². The van der Waals surface area contributed by atoms with Gasteiger partial charge in [0.1, 0.15) is 5.75 Å². The van der Waals surface area contributed by atoms with Gasteiger partial charge in [0.05, 0.1) is 13.7 Å². The lowest BCUT2D eigenvalue weighted by Crippen LogP contribution is -2.51. The van der Waals surface area contributed by atoms with Crippen LogP contribution in [0.25, 0.3) is 0 Å². The Balaban J connectivity index is 1.55. The molecule has 0 N–H and O–H groups in total. The zero-order valence-corrected chi connectivity index (χ0v) is 17.4. The monoisotopic (exact) mass is 381 g/mol. The van der Waals surface area contributed by atoms with Crippen LogP contribution < -0.4 is 9.64 Å². The molecule has 0 radical (unpaired) electrons. The molecular formula is C23H31N3O2. The summed E-state index contributed by atoms with van der Waals surface area (Å²) in [5, 5.41) is 0. The first kappa shape index (κ1) is 20.2. The van der Waals surface area contributed by atoms with Crippen LogP contribution >= 0.6 is 0 Å². The zero-order valence-electron chi connectivity index (χ0n) is 17.4. The Bertz CT molecular complexity index is 800. The number of rotatable bonds is 6. The Hall–Kier alpha value is -2.53. The second kappa shape index (κ2) is 9.11. The molecule has 1 aliphatic heterocycles. The fourth-order valence-electron chi connectivity index (χ4n) is 3.74. The van der Waals surface area contributed by atoms with E-state index in [2.05, 4.69) is 54.0 Å². The van der Waals surface area contributed by atoms with E-state index in [1.165, 1.54) is 11.3 Å². The molecule has 150 valence electrons. The smallest absolute Gasteiger partial charge is 0.236 e. The molecular weight excluding hydrogens is 350 g/mol. The highest BCUT2D eigenvalue weighted by Crippen LogP contribution is 2.28. The van der Waals surface area contributed by atoms with Gasteiger partial charge >= 0.3 is 0 Å². The van der Waals surface area contributed by atoms with Crippen LogP contribution in [0, 0.1) is 6.92 Å². The molecule has 0 spiro atoms. The predicted octanol–water partition coefficient (Wildman–Crippen LogP) is 3.35. The molecule has 1 saturated heterocycles. The van der Waals surface area contributed by atoms with Gasteiger partial charge in [-0.3, -0.25) is 9.69 Å². The molecule has 3 rings (SSSR count). The van der Waals surface area contributed by atoms with E-state index in [1.54, 1.807) is 7.11 Å². The number of aryl methyl sites for hydroxylation is 1. The van der Waals surface area contributed by atoms with Crippen molar-refractivity contribution in [2.45, 2.75) is 19.9 Å². The molecule has 1 amide bonds. The molecule has 5 heteroatoms. The summed E-state index contributed by atoms with van der Waals surface area (Å²) in [7, 11) is 3.68. The second-order valence-corrected chi connectivity index (χ2v) is 7.54. The molecule has 2 aromatic carbocycles. The van der Waals surface area contributed by atoms with Gasteiger partial charge in [-0.2, -0.15) is 0 Å². The summed E-state index contributed by atoms with van der Waals surface area (Å²) in [4.78, 5) is 19.3. The van der Waals surface area contributed by atoms with Gasteiger partial charge in [-0.05, 0) is 44.7 Å². The number of methoxy groups -OCH3 is 1. The standard InChI is InChI=1S/C23H31N3O2/c1-18-8-7-9-20(16-18)25-12-14-26(15-13-25)23(27)17-24(3)19(2)21-10-5-6-11-22(21)28-4/h5-11,16,19H,12-15,17H2,1-4H3. The molecule has 1 unspecified atom stereocenters. The van der Waals surface area contributed by atoms with E-state index in [0.717, 1.165) is 37.5 Å². The van der Waals surface area contributed by atoms with Crippen molar-refractivity contribution in [2.24, 2.45) is 0 Å². The highest BCUT2D eigenvalue weighted by molar-refractivity contribution is 5.78. The van der Waals surface area contributed by atoms with Gasteiger partial charge in [-0.15, -0.1) is 0 Å². The Morgan fingerprint density at radius 2 is 1.82 bits per heavy atom. The number of anilines is 1. The van der Waals surface area contributed by atoms with Crippen molar-refractivity contribution in [1.29, 1.82) is 0 Å². The van der Waals surface area contributed by atoms with Crippen molar-refractivity contribution in [3.8, 4) is 5.75 Å². The summed E-state index contributed by atoms with van der Waals surface area (Å²) in [6, 6.07) is 16.7. The summed E-state index contributed by atoms with van der Waals surface area (Å²) in [6.07, 6.45) is 0. The Morgan fingerprint density at radius 1 is 1.11 bits per heavy atom. The topological polar surface area (TPSA) is 36.0 Å². The zero-order chi connectivity index (χ0) is 20.1. The van der Waals surface area contributed by atoms with Gasteiger partial charge in [0, 0.05) is 43.5 Å². The SMILES string of the molecule is COc1ccccc1C(C)N(C)CC(=O)N1CCN(c2cccc(C)c2)CC1. The molecule has 0 saturated carbocycles. The Kier molecular flexibility index (Phi) is 6.57. The van der Waals surface area contributed by atoms with Crippen molar-refractivity contribution in [2.75, 3.05) is 51.8 Å². The van der Waals surface area contributed by atoms with Gasteiger partial charge in [0.2, 0.25) is 5.91 Å². The predicted molar refractivity (Wildman–Crippen MR) is 114 cm³/mol. The van der Waals surface area contributed by atoms with Crippen LogP contribution in [0.4, 0.5) is 5.69 Å². The molecule has 1 aliphatic rings. The third kappa shape index (κ3) is 4.65. The largest absolute Gasteiger partial charge is 0.496 e. The first-order valence-corrected chi connectivity index (χ1v) is 9.92. The van der Waals surface area contributed by atoms with E-state index < -0.39 is 0 Å². The molecule has 1 heterocycles. The van der Waals surface area contributed by atoms with Crippen LogP contribution in [0.3, 0.4) is 0 Å². The quantitative estimate of drug-likeness (QED) is 0.769. The normalized spacial score (nSPS) is 15.6. The van der Waals surface area contributed by atoms with E-state index >= 15 is 0 Å². The molecule has 0 bridgehead atoms. The average molecular weight is 382 g/mol. The molecule has 0 aromatic heterocycles. The Morgan fingerprint density at radius 3 is 2.50 bits per heavy atom. The molecule has 28 heavy (non-hydrogen) atoms. The van der Waals surface area contributed by atoms with Crippen molar-refractivity contribution in [1.82, 2.24) is 9.80 Å². The molecule has 0 aliphatic carbocycles. The Labute approximate surface area is 168 Å². The third-order valence-corrected chi connectivity index (χ3v) is 5.63. The van der Waals surface area contributed by atoms with Gasteiger partial charge in [0.15, 0.2) is 0 Å².